The molecule has 0 aliphatic heterocycles. The van der Waals surface area contributed by atoms with Gasteiger partial charge in [0.15, 0.2) is 0 Å². The van der Waals surface area contributed by atoms with Gasteiger partial charge in [0.1, 0.15) is 0 Å². The van der Waals surface area contributed by atoms with Gasteiger partial charge in [0.25, 0.3) is 0 Å². The van der Waals surface area contributed by atoms with Crippen LogP contribution in [0.15, 0.2) is 35.9 Å². The van der Waals surface area contributed by atoms with Crippen LogP contribution in [-0.4, -0.2) is 0 Å². The van der Waals surface area contributed by atoms with Crippen LogP contribution in [-0.2, 0) is 27.1 Å². The Morgan fingerprint density at radius 2 is 1.65 bits per heavy atom. The van der Waals surface area contributed by atoms with Crippen molar-refractivity contribution in [3.63, 3.8) is 0 Å². The van der Waals surface area contributed by atoms with Crippen LogP contribution in [0.4, 0.5) is 0 Å². The molecule has 0 fully saturated rings. The molecule has 1 aromatic carbocycles. The molecule has 108 valence electrons. The number of halogens is 3. The molecule has 0 saturated carbocycles. The second-order valence-corrected chi connectivity index (χ2v) is 5.10. The first-order valence-electron chi connectivity index (χ1n) is 5.88. The standard InChI is InChI=1S/C16H19.3ClH.Ti/c1-12-8-7-11-15(13(12)2)16(3,4)14-9-5-6-10-14;;;;/h5-8,11H,9H2,1-4H3;3*1H;/q-1;;;;+4/p-3. The normalized spacial score (nSPS) is 12.3. The van der Waals surface area contributed by atoms with Gasteiger partial charge in [0.2, 0.25) is 0 Å². The van der Waals surface area contributed by atoms with Gasteiger partial charge in [-0.1, -0.05) is 38.5 Å². The summed E-state index contributed by atoms with van der Waals surface area (Å²) in [5.41, 5.74) is 5.70. The van der Waals surface area contributed by atoms with Crippen LogP contribution < -0.4 is 37.2 Å². The van der Waals surface area contributed by atoms with E-state index in [4.69, 9.17) is 0 Å². The Balaban J connectivity index is -0.000000722. The molecule has 0 unspecified atom stereocenters. The first-order valence-corrected chi connectivity index (χ1v) is 5.88. The smallest absolute Gasteiger partial charge is 1.00 e. The molecule has 0 saturated heterocycles. The third-order valence-corrected chi connectivity index (χ3v) is 3.73. The van der Waals surface area contributed by atoms with Gasteiger partial charge < -0.3 is 37.2 Å². The van der Waals surface area contributed by atoms with Crippen molar-refractivity contribution in [2.75, 3.05) is 0 Å². The zero-order valence-corrected chi connectivity index (χ0v) is 16.1. The van der Waals surface area contributed by atoms with Gasteiger partial charge >= 0.3 is 21.7 Å². The third-order valence-electron chi connectivity index (χ3n) is 3.73. The van der Waals surface area contributed by atoms with Gasteiger partial charge in [-0.3, -0.25) is 6.08 Å². The molecule has 0 amide bonds. The van der Waals surface area contributed by atoms with E-state index >= 15 is 0 Å². The van der Waals surface area contributed by atoms with E-state index in [9.17, 15) is 0 Å². The van der Waals surface area contributed by atoms with Crippen molar-refractivity contribution in [3.05, 3.63) is 58.7 Å². The molecule has 0 atom stereocenters. The Bertz CT molecular complexity index is 477. The second-order valence-electron chi connectivity index (χ2n) is 5.10. The molecular weight excluding hydrogens is 346 g/mol. The summed E-state index contributed by atoms with van der Waals surface area (Å²) >= 11 is 0. The van der Waals surface area contributed by atoms with Gasteiger partial charge in [-0.15, -0.1) is 0 Å². The first kappa shape index (κ1) is 25.3. The molecule has 1 aliphatic carbocycles. The van der Waals surface area contributed by atoms with Gasteiger partial charge in [-0.25, -0.2) is 12.2 Å². The van der Waals surface area contributed by atoms with E-state index in [1.165, 1.54) is 22.3 Å². The van der Waals surface area contributed by atoms with E-state index in [1.807, 2.05) is 6.08 Å². The largest absolute Gasteiger partial charge is 4.00 e. The summed E-state index contributed by atoms with van der Waals surface area (Å²) in [5.74, 6) is 0. The molecule has 0 heterocycles. The predicted molar refractivity (Wildman–Crippen MR) is 69.5 cm³/mol. The van der Waals surface area contributed by atoms with Crippen molar-refractivity contribution in [1.29, 1.82) is 0 Å². The average molecular weight is 366 g/mol. The van der Waals surface area contributed by atoms with Crippen LogP contribution in [0.2, 0.25) is 0 Å². The Hall–Kier alpha value is 0.284. The minimum absolute atomic E-state index is 0. The summed E-state index contributed by atoms with van der Waals surface area (Å²) in [5, 5.41) is 0. The molecule has 2 rings (SSSR count). The van der Waals surface area contributed by atoms with Crippen LogP contribution in [0.3, 0.4) is 0 Å². The summed E-state index contributed by atoms with van der Waals surface area (Å²) in [6, 6.07) is 6.58. The maximum Gasteiger partial charge on any atom is 4.00 e. The monoisotopic (exact) mass is 364 g/mol. The molecular formula is C16H19Cl3Ti. The molecule has 0 bridgehead atoms. The number of rotatable bonds is 2. The molecule has 20 heavy (non-hydrogen) atoms. The van der Waals surface area contributed by atoms with Gasteiger partial charge in [-0.05, 0) is 36.0 Å². The SMILES string of the molecule is Cc1cccc(C(C)(C)C2=[C-]C=CC2)c1C.[Cl-].[Cl-].[Cl-].[Ti+4]. The quantitative estimate of drug-likeness (QED) is 0.365. The van der Waals surface area contributed by atoms with Crippen molar-refractivity contribution in [2.45, 2.75) is 39.5 Å². The second kappa shape index (κ2) is 10.1. The minimum atomic E-state index is 0. The summed E-state index contributed by atoms with van der Waals surface area (Å²) < 4.78 is 0. The van der Waals surface area contributed by atoms with Gasteiger partial charge in [0.05, 0.1) is 0 Å². The van der Waals surface area contributed by atoms with E-state index in [0.29, 0.717) is 0 Å². The van der Waals surface area contributed by atoms with Crippen molar-refractivity contribution >= 4 is 0 Å². The maximum absolute atomic E-state index is 3.38. The topological polar surface area (TPSA) is 0 Å². The van der Waals surface area contributed by atoms with E-state index in [0.717, 1.165) is 6.42 Å². The van der Waals surface area contributed by atoms with Crippen LogP contribution in [0.1, 0.15) is 37.0 Å². The van der Waals surface area contributed by atoms with Crippen LogP contribution in [0, 0.1) is 19.9 Å². The van der Waals surface area contributed by atoms with Gasteiger partial charge in [0, 0.05) is 0 Å². The number of hydrogen-bond donors (Lipinski definition) is 0. The zero-order chi connectivity index (χ0) is 11.8. The Morgan fingerprint density at radius 3 is 2.15 bits per heavy atom. The molecule has 0 N–H and O–H groups in total. The Morgan fingerprint density at radius 1 is 1.05 bits per heavy atom. The zero-order valence-electron chi connectivity index (χ0n) is 12.2. The van der Waals surface area contributed by atoms with Gasteiger partial charge in [-0.2, -0.15) is 5.57 Å². The van der Waals surface area contributed by atoms with Crippen molar-refractivity contribution in [3.8, 4) is 0 Å². The van der Waals surface area contributed by atoms with E-state index in [2.05, 4.69) is 58.0 Å². The van der Waals surface area contributed by atoms with Crippen LogP contribution >= 0.6 is 0 Å². The average Bonchev–Trinajstić information content (AvgIpc) is 2.75. The molecule has 0 radical (unpaired) electrons. The number of benzene rings is 1. The van der Waals surface area contributed by atoms with Crippen molar-refractivity contribution < 1.29 is 58.9 Å². The molecule has 1 aliphatic rings. The summed E-state index contributed by atoms with van der Waals surface area (Å²) in [4.78, 5) is 0. The Labute approximate surface area is 156 Å². The molecule has 1 aromatic rings. The molecule has 4 heteroatoms. The number of hydrogen-bond acceptors (Lipinski definition) is 0. The fraction of sp³-hybridized carbons (Fsp3) is 0.375. The minimum Gasteiger partial charge on any atom is -1.00 e. The molecule has 0 aromatic heterocycles. The van der Waals surface area contributed by atoms with E-state index in [1.54, 1.807) is 0 Å². The van der Waals surface area contributed by atoms with Crippen molar-refractivity contribution in [1.82, 2.24) is 0 Å². The fourth-order valence-corrected chi connectivity index (χ4v) is 2.42. The number of aryl methyl sites for hydroxylation is 1. The summed E-state index contributed by atoms with van der Waals surface area (Å²) in [6.07, 6.45) is 8.65. The van der Waals surface area contributed by atoms with E-state index in [-0.39, 0.29) is 64.4 Å². The molecule has 0 nitrogen and oxygen atoms in total. The maximum atomic E-state index is 3.38. The number of allylic oxidation sites excluding steroid dienone is 4. The van der Waals surface area contributed by atoms with E-state index < -0.39 is 0 Å². The molecule has 0 spiro atoms. The van der Waals surface area contributed by atoms with Crippen molar-refractivity contribution in [2.24, 2.45) is 0 Å². The first-order chi connectivity index (χ1) is 7.53. The van der Waals surface area contributed by atoms with Crippen LogP contribution in [0.25, 0.3) is 0 Å². The summed E-state index contributed by atoms with van der Waals surface area (Å²) in [6.45, 7) is 8.99. The third kappa shape index (κ3) is 4.93. The van der Waals surface area contributed by atoms with Crippen LogP contribution in [0.5, 0.6) is 0 Å². The summed E-state index contributed by atoms with van der Waals surface area (Å²) in [7, 11) is 0. The fourth-order valence-electron chi connectivity index (χ4n) is 2.42. The predicted octanol–water partition coefficient (Wildman–Crippen LogP) is -4.72. The Kier molecular flexibility index (Phi) is 12.7.